The summed E-state index contributed by atoms with van der Waals surface area (Å²) >= 11 is 0. The molecule has 0 spiro atoms. The summed E-state index contributed by atoms with van der Waals surface area (Å²) in [4.78, 5) is 28.9. The van der Waals surface area contributed by atoms with E-state index in [9.17, 15) is 9.59 Å². The number of nitrogens with one attached hydrogen (secondary N) is 2. The molecule has 0 aliphatic carbocycles. The summed E-state index contributed by atoms with van der Waals surface area (Å²) in [5.74, 6) is -0.494. The van der Waals surface area contributed by atoms with Gasteiger partial charge in [-0.1, -0.05) is 12.1 Å². The summed E-state index contributed by atoms with van der Waals surface area (Å²) in [7, 11) is 1.71. The van der Waals surface area contributed by atoms with Gasteiger partial charge in [-0.2, -0.15) is 5.26 Å². The fourth-order valence-electron chi connectivity index (χ4n) is 3.27. The van der Waals surface area contributed by atoms with E-state index >= 15 is 0 Å². The highest BCUT2D eigenvalue weighted by Gasteiger charge is 2.21. The molecule has 8 heteroatoms. The summed E-state index contributed by atoms with van der Waals surface area (Å²) in [6.07, 6.45) is 0. The highest BCUT2D eigenvalue weighted by molar-refractivity contribution is 5.97. The van der Waals surface area contributed by atoms with Gasteiger partial charge >= 0.3 is 0 Å². The van der Waals surface area contributed by atoms with E-state index in [0.29, 0.717) is 16.9 Å². The minimum Gasteiger partial charge on any atom is -0.378 e. The molecule has 3 rings (SSSR count). The number of ether oxygens (including phenoxy) is 1. The van der Waals surface area contributed by atoms with Crippen LogP contribution in [-0.4, -0.2) is 62.7 Å². The first-order valence-electron chi connectivity index (χ1n) is 10.2. The van der Waals surface area contributed by atoms with Crippen LogP contribution in [0.2, 0.25) is 0 Å². The number of likely N-dealkylation sites (N-methyl/N-ethyl adjacent to an activating group) is 1. The number of nitriles is 1. The van der Waals surface area contributed by atoms with Crippen LogP contribution in [-0.2, 0) is 14.3 Å². The average Bonchev–Trinajstić information content (AvgIpc) is 2.79. The van der Waals surface area contributed by atoms with Gasteiger partial charge in [0, 0.05) is 24.5 Å². The average molecular weight is 422 g/mol. The molecule has 2 N–H and O–H groups in total. The Hall–Kier alpha value is -3.41. The van der Waals surface area contributed by atoms with Crippen LogP contribution in [0, 0.1) is 11.3 Å². The van der Waals surface area contributed by atoms with Crippen LogP contribution in [0.3, 0.4) is 0 Å². The number of hydrogen-bond acceptors (Lipinski definition) is 6. The predicted molar refractivity (Wildman–Crippen MR) is 120 cm³/mol. The van der Waals surface area contributed by atoms with Crippen LogP contribution < -0.4 is 15.5 Å². The molecule has 8 nitrogen and oxygen atoms in total. The first-order valence-corrected chi connectivity index (χ1v) is 10.2. The Morgan fingerprint density at radius 3 is 2.48 bits per heavy atom. The maximum Gasteiger partial charge on any atom is 0.241 e. The van der Waals surface area contributed by atoms with Crippen LogP contribution in [0.5, 0.6) is 0 Å². The van der Waals surface area contributed by atoms with E-state index in [1.807, 2.05) is 24.3 Å². The van der Waals surface area contributed by atoms with Crippen LogP contribution >= 0.6 is 0 Å². The highest BCUT2D eigenvalue weighted by atomic mass is 16.5. The molecule has 0 aromatic heterocycles. The predicted octanol–water partition coefficient (Wildman–Crippen LogP) is 2.29. The van der Waals surface area contributed by atoms with Crippen LogP contribution in [0.1, 0.15) is 12.5 Å². The summed E-state index contributed by atoms with van der Waals surface area (Å²) in [5, 5.41) is 14.8. The van der Waals surface area contributed by atoms with Gasteiger partial charge in [0.15, 0.2) is 0 Å². The van der Waals surface area contributed by atoms with Gasteiger partial charge in [-0.15, -0.1) is 0 Å². The number of para-hydroxylation sites is 1. The Morgan fingerprint density at radius 1 is 1.13 bits per heavy atom. The van der Waals surface area contributed by atoms with Gasteiger partial charge in [0.25, 0.3) is 0 Å². The van der Waals surface area contributed by atoms with E-state index in [-0.39, 0.29) is 18.4 Å². The summed E-state index contributed by atoms with van der Waals surface area (Å²) in [5.41, 5.74) is 2.65. The Morgan fingerprint density at radius 2 is 1.81 bits per heavy atom. The first kappa shape index (κ1) is 22.3. The van der Waals surface area contributed by atoms with Crippen molar-refractivity contribution in [1.82, 2.24) is 4.90 Å². The zero-order chi connectivity index (χ0) is 22.2. The van der Waals surface area contributed by atoms with Gasteiger partial charge in [0.05, 0.1) is 37.1 Å². The van der Waals surface area contributed by atoms with E-state index in [2.05, 4.69) is 21.6 Å². The van der Waals surface area contributed by atoms with Crippen LogP contribution in [0.4, 0.5) is 17.1 Å². The maximum absolute atomic E-state index is 12.5. The number of amides is 2. The minimum absolute atomic E-state index is 0.0553. The van der Waals surface area contributed by atoms with Gasteiger partial charge in [0.1, 0.15) is 6.07 Å². The van der Waals surface area contributed by atoms with Gasteiger partial charge < -0.3 is 20.3 Å². The molecule has 2 aromatic rings. The smallest absolute Gasteiger partial charge is 0.241 e. The van der Waals surface area contributed by atoms with E-state index in [1.54, 1.807) is 43.1 Å². The van der Waals surface area contributed by atoms with Crippen molar-refractivity contribution in [3.63, 3.8) is 0 Å². The fourth-order valence-corrected chi connectivity index (χ4v) is 3.27. The third-order valence-electron chi connectivity index (χ3n) is 5.27. The zero-order valence-electron chi connectivity index (χ0n) is 17.8. The molecule has 0 radical (unpaired) electrons. The summed E-state index contributed by atoms with van der Waals surface area (Å²) in [6.45, 7) is 4.93. The van der Waals surface area contributed by atoms with Crippen molar-refractivity contribution in [2.24, 2.45) is 0 Å². The molecule has 2 amide bonds. The molecule has 1 aliphatic rings. The van der Waals surface area contributed by atoms with Crippen LogP contribution in [0.25, 0.3) is 0 Å². The molecule has 1 heterocycles. The molecule has 1 unspecified atom stereocenters. The maximum atomic E-state index is 12.5. The molecule has 1 aliphatic heterocycles. The third-order valence-corrected chi connectivity index (χ3v) is 5.27. The molecule has 1 atom stereocenters. The SMILES string of the molecule is CC(C(=O)Nc1ccccc1C#N)N(C)CC(=O)Nc1ccc(N2CCOCC2)cc1. The Kier molecular flexibility index (Phi) is 7.60. The number of nitrogens with zero attached hydrogens (tertiary/aromatic N) is 3. The van der Waals surface area contributed by atoms with Crippen molar-refractivity contribution in [1.29, 1.82) is 5.26 Å². The second-order valence-corrected chi connectivity index (χ2v) is 7.43. The van der Waals surface area contributed by atoms with E-state index in [4.69, 9.17) is 10.00 Å². The molecule has 162 valence electrons. The number of hydrogen-bond donors (Lipinski definition) is 2. The summed E-state index contributed by atoms with van der Waals surface area (Å²) < 4.78 is 5.37. The van der Waals surface area contributed by atoms with E-state index in [1.165, 1.54) is 0 Å². The number of anilines is 3. The molecular weight excluding hydrogens is 394 g/mol. The monoisotopic (exact) mass is 421 g/mol. The normalized spacial score (nSPS) is 14.6. The lowest BCUT2D eigenvalue weighted by atomic mass is 10.2. The van der Waals surface area contributed by atoms with Crippen molar-refractivity contribution in [2.45, 2.75) is 13.0 Å². The third kappa shape index (κ3) is 6.04. The second-order valence-electron chi connectivity index (χ2n) is 7.43. The van der Waals surface area contributed by atoms with Crippen molar-refractivity contribution in [3.8, 4) is 6.07 Å². The Bertz CT molecular complexity index is 948. The standard InChI is InChI=1S/C23H27N5O3/c1-17(23(30)26-21-6-4-3-5-18(21)15-24)27(2)16-22(29)25-19-7-9-20(10-8-19)28-11-13-31-14-12-28/h3-10,17H,11-14,16H2,1-2H3,(H,25,29)(H,26,30). The fraction of sp³-hybridized carbons (Fsp3) is 0.348. The molecule has 2 aromatic carbocycles. The molecule has 0 bridgehead atoms. The minimum atomic E-state index is -0.554. The zero-order valence-corrected chi connectivity index (χ0v) is 17.8. The quantitative estimate of drug-likeness (QED) is 0.712. The molecule has 1 saturated heterocycles. The highest BCUT2D eigenvalue weighted by Crippen LogP contribution is 2.19. The molecular formula is C23H27N5O3. The van der Waals surface area contributed by atoms with Crippen molar-refractivity contribution in [3.05, 3.63) is 54.1 Å². The number of morpholine rings is 1. The lowest BCUT2D eigenvalue weighted by molar-refractivity contribution is -0.122. The largest absolute Gasteiger partial charge is 0.378 e. The number of rotatable bonds is 7. The number of carbonyl (C=O) groups is 2. The Labute approximate surface area is 182 Å². The van der Waals surface area contributed by atoms with E-state index < -0.39 is 6.04 Å². The van der Waals surface area contributed by atoms with Crippen molar-refractivity contribution < 1.29 is 14.3 Å². The van der Waals surface area contributed by atoms with Crippen molar-refractivity contribution >= 4 is 28.9 Å². The lowest BCUT2D eigenvalue weighted by Gasteiger charge is -2.29. The van der Waals surface area contributed by atoms with Crippen LogP contribution in [0.15, 0.2) is 48.5 Å². The topological polar surface area (TPSA) is 97.7 Å². The van der Waals surface area contributed by atoms with Crippen molar-refractivity contribution in [2.75, 3.05) is 55.4 Å². The number of benzene rings is 2. The summed E-state index contributed by atoms with van der Waals surface area (Å²) in [6, 6.07) is 16.0. The Balaban J connectivity index is 1.51. The first-order chi connectivity index (χ1) is 15.0. The molecule has 1 fully saturated rings. The molecule has 0 saturated carbocycles. The van der Waals surface area contributed by atoms with E-state index in [0.717, 1.165) is 32.0 Å². The van der Waals surface area contributed by atoms with Gasteiger partial charge in [-0.05, 0) is 50.4 Å². The molecule has 31 heavy (non-hydrogen) atoms. The number of carbonyl (C=O) groups excluding carboxylic acids is 2. The lowest BCUT2D eigenvalue weighted by Crippen LogP contribution is -2.43. The van der Waals surface area contributed by atoms with Gasteiger partial charge in [-0.3, -0.25) is 14.5 Å². The van der Waals surface area contributed by atoms with Gasteiger partial charge in [0.2, 0.25) is 11.8 Å². The second kappa shape index (κ2) is 10.6. The van der Waals surface area contributed by atoms with Gasteiger partial charge in [-0.25, -0.2) is 0 Å².